The van der Waals surface area contributed by atoms with Gasteiger partial charge >= 0.3 is 0 Å². The maximum Gasteiger partial charge on any atom is -0.00464 e. The van der Waals surface area contributed by atoms with Crippen LogP contribution in [0.4, 0.5) is 0 Å². The van der Waals surface area contributed by atoms with Gasteiger partial charge in [0.15, 0.2) is 0 Å². The highest BCUT2D eigenvalue weighted by Crippen LogP contribution is 2.30. The van der Waals surface area contributed by atoms with Crippen LogP contribution in [-0.4, -0.2) is 13.1 Å². The lowest BCUT2D eigenvalue weighted by Crippen LogP contribution is -2.26. The first-order valence-corrected chi connectivity index (χ1v) is 18.1. The molecule has 0 amide bonds. The summed E-state index contributed by atoms with van der Waals surface area (Å²) >= 11 is 0. The van der Waals surface area contributed by atoms with Gasteiger partial charge in [0.2, 0.25) is 0 Å². The molecule has 38 heavy (non-hydrogen) atoms. The standard InChI is InChI=1S/2C9H18.C7H16.C6H13N.3C2H6/c2*1-3-9-6-4-8(2)5-7-9;1-4-6-7(3)5-2;1-6-2-4-7-5-3-6;3*1-2/h2*8-9H,3-7H2,1-2H3;7H,4-6H2,1-3H3;6-7H,2-5H2,1H3;3*1-2H3. The molecule has 2 saturated carbocycles. The molecular weight excluding hydrogens is 458 g/mol. The normalized spacial score (nSPS) is 25.1. The number of piperidine rings is 1. The Morgan fingerprint density at radius 1 is 0.526 bits per heavy atom. The molecule has 0 aromatic rings. The van der Waals surface area contributed by atoms with Gasteiger partial charge in [-0.25, -0.2) is 0 Å². The van der Waals surface area contributed by atoms with Crippen LogP contribution in [0.15, 0.2) is 0 Å². The lowest BCUT2D eigenvalue weighted by Gasteiger charge is -2.24. The number of nitrogens with one attached hydrogen (secondary N) is 1. The van der Waals surface area contributed by atoms with Crippen LogP contribution in [0, 0.1) is 35.5 Å². The summed E-state index contributed by atoms with van der Waals surface area (Å²) in [5.41, 5.74) is 0. The first kappa shape index (κ1) is 45.0. The third-order valence-electron chi connectivity index (χ3n) is 8.53. The van der Waals surface area contributed by atoms with Gasteiger partial charge < -0.3 is 5.32 Å². The van der Waals surface area contributed by atoms with Crippen molar-refractivity contribution in [1.82, 2.24) is 5.32 Å². The topological polar surface area (TPSA) is 12.0 Å². The van der Waals surface area contributed by atoms with Crippen molar-refractivity contribution in [3.63, 3.8) is 0 Å². The van der Waals surface area contributed by atoms with Gasteiger partial charge in [-0.1, -0.05) is 180 Å². The van der Waals surface area contributed by atoms with Crippen molar-refractivity contribution in [2.24, 2.45) is 35.5 Å². The molecule has 0 bridgehead atoms. The molecule has 1 atom stereocenters. The van der Waals surface area contributed by atoms with Crippen LogP contribution in [0.1, 0.15) is 193 Å². The maximum absolute atomic E-state index is 3.32. The molecular formula is C37H83N. The van der Waals surface area contributed by atoms with E-state index in [0.717, 1.165) is 35.5 Å². The summed E-state index contributed by atoms with van der Waals surface area (Å²) < 4.78 is 0. The van der Waals surface area contributed by atoms with Crippen LogP contribution < -0.4 is 5.32 Å². The molecule has 0 spiro atoms. The van der Waals surface area contributed by atoms with E-state index >= 15 is 0 Å². The summed E-state index contributed by atoms with van der Waals surface area (Å²) in [5.74, 6) is 6.11. The Kier molecular flexibility index (Phi) is 43.7. The van der Waals surface area contributed by atoms with Crippen molar-refractivity contribution in [3.05, 3.63) is 0 Å². The monoisotopic (exact) mass is 542 g/mol. The van der Waals surface area contributed by atoms with E-state index in [1.54, 1.807) is 0 Å². The molecule has 1 aliphatic heterocycles. The van der Waals surface area contributed by atoms with Crippen LogP contribution in [0.3, 0.4) is 0 Å². The second-order valence-corrected chi connectivity index (χ2v) is 11.8. The number of hydrogen-bond donors (Lipinski definition) is 1. The fraction of sp³-hybridized carbons (Fsp3) is 1.00. The zero-order valence-corrected chi connectivity index (χ0v) is 30.0. The number of rotatable bonds is 5. The highest BCUT2D eigenvalue weighted by Gasteiger charge is 2.16. The summed E-state index contributed by atoms with van der Waals surface area (Å²) in [5, 5.41) is 3.32. The van der Waals surface area contributed by atoms with Gasteiger partial charge in [-0.15, -0.1) is 0 Å². The molecule has 2 aliphatic carbocycles. The van der Waals surface area contributed by atoms with Gasteiger partial charge in [-0.3, -0.25) is 0 Å². The Bertz CT molecular complexity index is 332. The van der Waals surface area contributed by atoms with E-state index < -0.39 is 0 Å². The first-order valence-electron chi connectivity index (χ1n) is 18.1. The molecule has 1 heteroatoms. The van der Waals surface area contributed by atoms with Crippen LogP contribution in [-0.2, 0) is 0 Å². The fourth-order valence-corrected chi connectivity index (χ4v) is 5.14. The Morgan fingerprint density at radius 3 is 1.03 bits per heavy atom. The van der Waals surface area contributed by atoms with E-state index in [4.69, 9.17) is 0 Å². The molecule has 3 fully saturated rings. The zero-order chi connectivity index (χ0) is 30.2. The first-order chi connectivity index (χ1) is 18.4. The lowest BCUT2D eigenvalue weighted by atomic mass is 9.82. The largest absolute Gasteiger partial charge is 0.317 e. The molecule has 3 aliphatic rings. The second-order valence-electron chi connectivity index (χ2n) is 11.8. The minimum Gasteiger partial charge on any atom is -0.317 e. The second kappa shape index (κ2) is 37.0. The number of hydrogen-bond acceptors (Lipinski definition) is 1. The van der Waals surface area contributed by atoms with Crippen LogP contribution in [0.25, 0.3) is 0 Å². The SMILES string of the molecule is CC.CC.CC.CC1CCNCC1.CCC1CCC(C)CC1.CCC1CCC(C)CC1.CCCC(C)CC. The Labute approximate surface area is 246 Å². The summed E-state index contributed by atoms with van der Waals surface area (Å²) in [7, 11) is 0. The van der Waals surface area contributed by atoms with Crippen molar-refractivity contribution in [2.75, 3.05) is 13.1 Å². The lowest BCUT2D eigenvalue weighted by molar-refractivity contribution is 0.284. The Morgan fingerprint density at radius 2 is 0.842 bits per heavy atom. The molecule has 0 aromatic carbocycles. The van der Waals surface area contributed by atoms with Crippen LogP contribution >= 0.6 is 0 Å². The van der Waals surface area contributed by atoms with Crippen molar-refractivity contribution in [1.29, 1.82) is 0 Å². The van der Waals surface area contributed by atoms with E-state index in [-0.39, 0.29) is 0 Å². The minimum atomic E-state index is 0.949. The average molecular weight is 542 g/mol. The van der Waals surface area contributed by atoms with Crippen LogP contribution in [0.5, 0.6) is 0 Å². The Hall–Kier alpha value is -0.0400. The molecule has 1 heterocycles. The van der Waals surface area contributed by atoms with Gasteiger partial charge in [0.1, 0.15) is 0 Å². The molecule has 236 valence electrons. The predicted molar refractivity (Wildman–Crippen MR) is 183 cm³/mol. The highest BCUT2D eigenvalue weighted by atomic mass is 14.9. The summed E-state index contributed by atoms with van der Waals surface area (Å²) in [6.45, 7) is 33.0. The summed E-state index contributed by atoms with van der Waals surface area (Å²) in [6, 6.07) is 0. The average Bonchev–Trinajstić information content (AvgIpc) is 2.98. The van der Waals surface area contributed by atoms with Crippen molar-refractivity contribution in [3.8, 4) is 0 Å². The van der Waals surface area contributed by atoms with E-state index in [1.165, 1.54) is 109 Å². The minimum absolute atomic E-state index is 0.949. The summed E-state index contributed by atoms with van der Waals surface area (Å²) in [4.78, 5) is 0. The van der Waals surface area contributed by atoms with Gasteiger partial charge in [-0.05, 0) is 61.4 Å². The molecule has 3 rings (SSSR count). The van der Waals surface area contributed by atoms with Gasteiger partial charge in [0, 0.05) is 0 Å². The molecule has 1 saturated heterocycles. The quantitative estimate of drug-likeness (QED) is 0.365. The van der Waals surface area contributed by atoms with E-state index in [9.17, 15) is 0 Å². The van der Waals surface area contributed by atoms with Gasteiger partial charge in [-0.2, -0.15) is 0 Å². The van der Waals surface area contributed by atoms with Crippen LogP contribution in [0.2, 0.25) is 0 Å². The van der Waals surface area contributed by atoms with Crippen molar-refractivity contribution in [2.45, 2.75) is 193 Å². The predicted octanol–water partition coefficient (Wildman–Crippen LogP) is 13.4. The molecule has 1 nitrogen and oxygen atoms in total. The van der Waals surface area contributed by atoms with Gasteiger partial charge in [0.25, 0.3) is 0 Å². The summed E-state index contributed by atoms with van der Waals surface area (Å²) in [6.07, 6.45) is 21.6. The molecule has 1 N–H and O–H groups in total. The maximum atomic E-state index is 3.32. The molecule has 1 unspecified atom stereocenters. The van der Waals surface area contributed by atoms with Gasteiger partial charge in [0.05, 0.1) is 0 Å². The molecule has 0 aromatic heterocycles. The van der Waals surface area contributed by atoms with Crippen molar-refractivity contribution < 1.29 is 0 Å². The van der Waals surface area contributed by atoms with E-state index in [2.05, 4.69) is 60.7 Å². The third-order valence-corrected chi connectivity index (χ3v) is 8.53. The van der Waals surface area contributed by atoms with Crippen molar-refractivity contribution >= 4 is 0 Å². The Balaban J connectivity index is -0.000000191. The zero-order valence-electron chi connectivity index (χ0n) is 30.0. The molecule has 0 radical (unpaired) electrons. The fourth-order valence-electron chi connectivity index (χ4n) is 5.14. The highest BCUT2D eigenvalue weighted by molar-refractivity contribution is 4.69. The van der Waals surface area contributed by atoms with E-state index in [0.29, 0.717) is 0 Å². The van der Waals surface area contributed by atoms with E-state index in [1.807, 2.05) is 41.5 Å². The smallest absolute Gasteiger partial charge is 0.00464 e. The third kappa shape index (κ3) is 32.2.